The number of hydrogen-bond donors (Lipinski definition) is 3. The molecule has 0 aliphatic carbocycles. The van der Waals surface area contributed by atoms with E-state index >= 15 is 0 Å². The first kappa shape index (κ1) is 15.9. The fraction of sp³-hybridized carbons (Fsp3) is 0.0625. The zero-order chi connectivity index (χ0) is 18.5. The molecule has 0 saturated carbocycles. The second-order valence-corrected chi connectivity index (χ2v) is 5.53. The third-order valence-electron chi connectivity index (χ3n) is 3.77. The lowest BCUT2D eigenvalue weighted by atomic mass is 10.2. The minimum atomic E-state index is -4.44. The van der Waals surface area contributed by atoms with Crippen molar-refractivity contribution in [2.24, 2.45) is 0 Å². The quantitative estimate of drug-likeness (QED) is 0.517. The van der Waals surface area contributed by atoms with E-state index in [1.807, 2.05) is 0 Å². The normalized spacial score (nSPS) is 12.0. The van der Waals surface area contributed by atoms with Gasteiger partial charge >= 0.3 is 12.1 Å². The Hall–Kier alpha value is -3.56. The van der Waals surface area contributed by atoms with Crippen molar-refractivity contribution in [2.75, 3.05) is 5.32 Å². The van der Waals surface area contributed by atoms with E-state index in [0.29, 0.717) is 11.0 Å². The molecule has 2 aromatic carbocycles. The molecule has 4 rings (SSSR count). The number of imidazole rings is 1. The number of aromatic nitrogens is 4. The van der Waals surface area contributed by atoms with Crippen molar-refractivity contribution in [3.8, 4) is 0 Å². The van der Waals surface area contributed by atoms with Gasteiger partial charge in [0.15, 0.2) is 0 Å². The molecule has 0 atom stereocenters. The largest absolute Gasteiger partial charge is 0.478 e. The van der Waals surface area contributed by atoms with Crippen molar-refractivity contribution >= 4 is 34.4 Å². The first-order valence-corrected chi connectivity index (χ1v) is 7.37. The van der Waals surface area contributed by atoms with E-state index in [1.165, 1.54) is 28.8 Å². The third kappa shape index (κ3) is 2.70. The van der Waals surface area contributed by atoms with Gasteiger partial charge in [-0.25, -0.2) is 14.3 Å². The van der Waals surface area contributed by atoms with Crippen LogP contribution in [0.3, 0.4) is 0 Å². The predicted octanol–water partition coefficient (Wildman–Crippen LogP) is 3.67. The summed E-state index contributed by atoms with van der Waals surface area (Å²) in [6.45, 7) is 0. The zero-order valence-electron chi connectivity index (χ0n) is 12.9. The van der Waals surface area contributed by atoms with Gasteiger partial charge in [-0.15, -0.1) is 0 Å². The van der Waals surface area contributed by atoms with Gasteiger partial charge in [0.05, 0.1) is 22.2 Å². The summed E-state index contributed by atoms with van der Waals surface area (Å²) in [4.78, 5) is 19.4. The summed E-state index contributed by atoms with van der Waals surface area (Å²) in [5.74, 6) is -0.600. The SMILES string of the molecule is O=C(O)c1ccc2c(c1)nc1nc(Nc3cccc(C(F)(F)F)c3)[nH]n12. The van der Waals surface area contributed by atoms with Gasteiger partial charge in [0.1, 0.15) is 0 Å². The third-order valence-corrected chi connectivity index (χ3v) is 3.77. The molecular formula is C16H10F3N5O2. The van der Waals surface area contributed by atoms with Crippen LogP contribution in [0.5, 0.6) is 0 Å². The fourth-order valence-electron chi connectivity index (χ4n) is 2.58. The van der Waals surface area contributed by atoms with Crippen LogP contribution in [0.4, 0.5) is 24.8 Å². The minimum absolute atomic E-state index is 0.0977. The molecule has 0 spiro atoms. The van der Waals surface area contributed by atoms with Gasteiger partial charge in [0.25, 0.3) is 5.78 Å². The number of rotatable bonds is 3. The molecular weight excluding hydrogens is 351 g/mol. The number of H-pyrrole nitrogens is 1. The highest BCUT2D eigenvalue weighted by atomic mass is 19.4. The molecule has 2 heterocycles. The zero-order valence-corrected chi connectivity index (χ0v) is 12.9. The van der Waals surface area contributed by atoms with Crippen LogP contribution in [-0.4, -0.2) is 30.7 Å². The Bertz CT molecular complexity index is 1150. The van der Waals surface area contributed by atoms with Gasteiger partial charge in [-0.2, -0.15) is 18.2 Å². The Kier molecular flexibility index (Phi) is 3.36. The second-order valence-electron chi connectivity index (χ2n) is 5.53. The molecule has 7 nitrogen and oxygen atoms in total. The molecule has 0 bridgehead atoms. The van der Waals surface area contributed by atoms with Crippen LogP contribution in [0.2, 0.25) is 0 Å². The minimum Gasteiger partial charge on any atom is -0.478 e. The van der Waals surface area contributed by atoms with Crippen molar-refractivity contribution in [3.63, 3.8) is 0 Å². The van der Waals surface area contributed by atoms with E-state index < -0.39 is 17.7 Å². The topological polar surface area (TPSA) is 95.3 Å². The number of aromatic amines is 1. The number of nitrogens with one attached hydrogen (secondary N) is 2. The maximum absolute atomic E-state index is 12.8. The first-order chi connectivity index (χ1) is 12.3. The predicted molar refractivity (Wildman–Crippen MR) is 86.5 cm³/mol. The number of fused-ring (bicyclic) bond motifs is 3. The Morgan fingerprint density at radius 1 is 1.15 bits per heavy atom. The van der Waals surface area contributed by atoms with Crippen LogP contribution in [0.25, 0.3) is 16.8 Å². The summed E-state index contributed by atoms with van der Waals surface area (Å²) >= 11 is 0. The molecule has 0 radical (unpaired) electrons. The number of carboxylic acids is 1. The summed E-state index contributed by atoms with van der Waals surface area (Å²) < 4.78 is 39.9. The molecule has 3 N–H and O–H groups in total. The number of aromatic carboxylic acids is 1. The Labute approximate surface area is 143 Å². The summed E-state index contributed by atoms with van der Waals surface area (Å²) in [5, 5.41) is 14.7. The maximum Gasteiger partial charge on any atom is 0.416 e. The van der Waals surface area contributed by atoms with Crippen molar-refractivity contribution in [1.29, 1.82) is 0 Å². The van der Waals surface area contributed by atoms with Gasteiger partial charge in [-0.05, 0) is 36.4 Å². The van der Waals surface area contributed by atoms with Crippen molar-refractivity contribution in [3.05, 3.63) is 53.6 Å². The van der Waals surface area contributed by atoms with Gasteiger partial charge < -0.3 is 10.4 Å². The van der Waals surface area contributed by atoms with Crippen molar-refractivity contribution < 1.29 is 23.1 Å². The Morgan fingerprint density at radius 3 is 2.69 bits per heavy atom. The molecule has 26 heavy (non-hydrogen) atoms. The molecule has 0 aliphatic rings. The number of hydrogen-bond acceptors (Lipinski definition) is 4. The average Bonchev–Trinajstić information content (AvgIpc) is 3.10. The number of carbonyl (C=O) groups is 1. The summed E-state index contributed by atoms with van der Waals surface area (Å²) in [6, 6.07) is 9.15. The van der Waals surface area contributed by atoms with Crippen LogP contribution in [-0.2, 0) is 6.18 Å². The van der Waals surface area contributed by atoms with Crippen molar-refractivity contribution in [1.82, 2.24) is 19.6 Å². The average molecular weight is 361 g/mol. The van der Waals surface area contributed by atoms with Crippen LogP contribution < -0.4 is 5.32 Å². The standard InChI is InChI=1S/C16H10F3N5O2/c17-16(18,19)9-2-1-3-10(7-9)20-14-22-15-21-11-6-8(13(25)26)4-5-12(11)24(15)23-14/h1-7H,(H,25,26)(H2,20,21,22,23). The molecule has 0 saturated heterocycles. The molecule has 4 aromatic rings. The first-order valence-electron chi connectivity index (χ1n) is 7.37. The smallest absolute Gasteiger partial charge is 0.416 e. The lowest BCUT2D eigenvalue weighted by Crippen LogP contribution is -2.05. The van der Waals surface area contributed by atoms with Crippen LogP contribution >= 0.6 is 0 Å². The molecule has 0 amide bonds. The van der Waals surface area contributed by atoms with Gasteiger partial charge in [-0.1, -0.05) is 6.07 Å². The van der Waals surface area contributed by atoms with Crippen LogP contribution in [0, 0.1) is 0 Å². The molecule has 2 aromatic heterocycles. The van der Waals surface area contributed by atoms with Crippen molar-refractivity contribution in [2.45, 2.75) is 6.18 Å². The monoisotopic (exact) mass is 361 g/mol. The molecule has 132 valence electrons. The molecule has 0 unspecified atom stereocenters. The molecule has 0 fully saturated rings. The highest BCUT2D eigenvalue weighted by Crippen LogP contribution is 2.31. The maximum atomic E-state index is 12.8. The number of anilines is 2. The molecule has 10 heteroatoms. The number of alkyl halides is 3. The lowest BCUT2D eigenvalue weighted by molar-refractivity contribution is -0.137. The summed E-state index contributed by atoms with van der Waals surface area (Å²) in [5.41, 5.74) is 0.573. The van der Waals surface area contributed by atoms with E-state index in [0.717, 1.165) is 12.1 Å². The van der Waals surface area contributed by atoms with Crippen LogP contribution in [0.15, 0.2) is 42.5 Å². The van der Waals surface area contributed by atoms with E-state index in [4.69, 9.17) is 5.11 Å². The second kappa shape index (κ2) is 5.48. The Morgan fingerprint density at radius 2 is 1.96 bits per heavy atom. The lowest BCUT2D eigenvalue weighted by Gasteiger charge is -2.08. The highest BCUT2D eigenvalue weighted by Gasteiger charge is 2.30. The van der Waals surface area contributed by atoms with Gasteiger partial charge in [-0.3, -0.25) is 5.10 Å². The van der Waals surface area contributed by atoms with Crippen LogP contribution in [0.1, 0.15) is 15.9 Å². The Balaban J connectivity index is 1.69. The van der Waals surface area contributed by atoms with E-state index in [1.54, 1.807) is 6.07 Å². The highest BCUT2D eigenvalue weighted by molar-refractivity contribution is 5.93. The van der Waals surface area contributed by atoms with E-state index in [2.05, 4.69) is 20.4 Å². The number of halogens is 3. The number of benzene rings is 2. The summed E-state index contributed by atoms with van der Waals surface area (Å²) in [7, 11) is 0. The van der Waals surface area contributed by atoms with E-state index in [-0.39, 0.29) is 23.0 Å². The van der Waals surface area contributed by atoms with Gasteiger partial charge in [0.2, 0.25) is 5.95 Å². The fourth-order valence-corrected chi connectivity index (χ4v) is 2.58. The van der Waals surface area contributed by atoms with E-state index in [9.17, 15) is 18.0 Å². The number of carboxylic acid groups (broad SMARTS) is 1. The molecule has 0 aliphatic heterocycles. The van der Waals surface area contributed by atoms with Gasteiger partial charge in [0, 0.05) is 5.69 Å². The number of nitrogens with zero attached hydrogens (tertiary/aromatic N) is 3. The summed E-state index contributed by atoms with van der Waals surface area (Å²) in [6.07, 6.45) is -4.44.